The van der Waals surface area contributed by atoms with E-state index in [1.54, 1.807) is 0 Å². The molecule has 0 fully saturated rings. The Bertz CT molecular complexity index is 367. The molecule has 0 aliphatic carbocycles. The normalized spacial score (nSPS) is 20.4. The topological polar surface area (TPSA) is 44.5 Å². The molecule has 2 rings (SSSR count). The highest BCUT2D eigenvalue weighted by Gasteiger charge is 2.22. The number of nitrogens with two attached hydrogens (primary N) is 1. The molecule has 2 unspecified atom stereocenters. The number of hydrogen-bond donors (Lipinski definition) is 1. The van der Waals surface area contributed by atoms with E-state index >= 15 is 0 Å². The van der Waals surface area contributed by atoms with E-state index in [0.717, 1.165) is 32.5 Å². The minimum Gasteiger partial charge on any atom is -0.380 e. The first kappa shape index (κ1) is 13.5. The van der Waals surface area contributed by atoms with Gasteiger partial charge < -0.3 is 15.2 Å². The minimum atomic E-state index is 0.0488. The molecule has 1 aromatic carbocycles. The van der Waals surface area contributed by atoms with Crippen LogP contribution >= 0.6 is 0 Å². The quantitative estimate of drug-likeness (QED) is 0.788. The van der Waals surface area contributed by atoms with Gasteiger partial charge in [-0.25, -0.2) is 0 Å². The van der Waals surface area contributed by atoms with E-state index in [1.165, 1.54) is 11.1 Å². The maximum absolute atomic E-state index is 6.10. The third-order valence-electron chi connectivity index (χ3n) is 3.29. The van der Waals surface area contributed by atoms with Crippen LogP contribution in [0, 0.1) is 0 Å². The summed E-state index contributed by atoms with van der Waals surface area (Å²) >= 11 is 0. The van der Waals surface area contributed by atoms with Crippen molar-refractivity contribution in [3.8, 4) is 0 Å². The fourth-order valence-corrected chi connectivity index (χ4v) is 2.39. The minimum absolute atomic E-state index is 0.0488. The van der Waals surface area contributed by atoms with Gasteiger partial charge in [-0.05, 0) is 30.4 Å². The van der Waals surface area contributed by atoms with Crippen LogP contribution in [0.2, 0.25) is 0 Å². The van der Waals surface area contributed by atoms with E-state index < -0.39 is 0 Å². The molecule has 0 amide bonds. The number of benzene rings is 1. The molecule has 0 spiro atoms. The van der Waals surface area contributed by atoms with E-state index in [2.05, 4.69) is 31.2 Å². The first-order chi connectivity index (χ1) is 8.81. The standard InChI is InChI=1S/C15H23NO2/c1-2-8-17-11-13(16)10-15-14-6-4-3-5-12(14)7-9-18-15/h3-6,13,15H,2,7-11,16H2,1H3. The molecular formula is C15H23NO2. The summed E-state index contributed by atoms with van der Waals surface area (Å²) in [4.78, 5) is 0. The van der Waals surface area contributed by atoms with Crippen LogP contribution in [0.25, 0.3) is 0 Å². The summed E-state index contributed by atoms with van der Waals surface area (Å²) in [5.41, 5.74) is 8.80. The summed E-state index contributed by atoms with van der Waals surface area (Å²) in [5.74, 6) is 0. The third kappa shape index (κ3) is 3.55. The van der Waals surface area contributed by atoms with Crippen LogP contribution in [0.4, 0.5) is 0 Å². The van der Waals surface area contributed by atoms with Gasteiger partial charge in [0.1, 0.15) is 0 Å². The second-order valence-corrected chi connectivity index (χ2v) is 4.88. The van der Waals surface area contributed by atoms with Crippen molar-refractivity contribution in [2.75, 3.05) is 19.8 Å². The zero-order chi connectivity index (χ0) is 12.8. The summed E-state index contributed by atoms with van der Waals surface area (Å²) in [6.07, 6.45) is 3.01. The Balaban J connectivity index is 1.90. The van der Waals surface area contributed by atoms with Gasteiger partial charge in [0.2, 0.25) is 0 Å². The zero-order valence-electron chi connectivity index (χ0n) is 11.1. The van der Waals surface area contributed by atoms with Crippen molar-refractivity contribution in [1.29, 1.82) is 0 Å². The van der Waals surface area contributed by atoms with Crippen LogP contribution in [0.5, 0.6) is 0 Å². The van der Waals surface area contributed by atoms with Crippen LogP contribution in [-0.2, 0) is 15.9 Å². The van der Waals surface area contributed by atoms with E-state index in [4.69, 9.17) is 15.2 Å². The van der Waals surface area contributed by atoms with Crippen LogP contribution in [0.1, 0.15) is 37.0 Å². The first-order valence-corrected chi connectivity index (χ1v) is 6.84. The molecule has 18 heavy (non-hydrogen) atoms. The van der Waals surface area contributed by atoms with Gasteiger partial charge in [-0.2, -0.15) is 0 Å². The lowest BCUT2D eigenvalue weighted by Crippen LogP contribution is -2.31. The highest BCUT2D eigenvalue weighted by Crippen LogP contribution is 2.30. The smallest absolute Gasteiger partial charge is 0.0843 e. The van der Waals surface area contributed by atoms with Gasteiger partial charge in [0.15, 0.2) is 0 Å². The predicted molar refractivity (Wildman–Crippen MR) is 72.5 cm³/mol. The van der Waals surface area contributed by atoms with Gasteiger partial charge in [-0.15, -0.1) is 0 Å². The van der Waals surface area contributed by atoms with Gasteiger partial charge in [-0.1, -0.05) is 31.2 Å². The molecule has 1 aromatic rings. The van der Waals surface area contributed by atoms with E-state index in [-0.39, 0.29) is 12.1 Å². The molecule has 3 heteroatoms. The van der Waals surface area contributed by atoms with Crippen molar-refractivity contribution in [3.05, 3.63) is 35.4 Å². The zero-order valence-corrected chi connectivity index (χ0v) is 11.1. The Morgan fingerprint density at radius 1 is 1.44 bits per heavy atom. The summed E-state index contributed by atoms with van der Waals surface area (Å²) in [7, 11) is 0. The molecule has 0 radical (unpaired) electrons. The van der Waals surface area contributed by atoms with E-state index in [0.29, 0.717) is 6.61 Å². The van der Waals surface area contributed by atoms with Crippen molar-refractivity contribution in [3.63, 3.8) is 0 Å². The molecule has 3 nitrogen and oxygen atoms in total. The lowest BCUT2D eigenvalue weighted by atomic mass is 9.94. The molecule has 1 aliphatic heterocycles. The fraction of sp³-hybridized carbons (Fsp3) is 0.600. The highest BCUT2D eigenvalue weighted by molar-refractivity contribution is 5.30. The van der Waals surface area contributed by atoms with Crippen LogP contribution < -0.4 is 5.73 Å². The Labute approximate surface area is 109 Å². The molecule has 0 saturated heterocycles. The Morgan fingerprint density at radius 3 is 3.11 bits per heavy atom. The average Bonchev–Trinajstić information content (AvgIpc) is 2.39. The van der Waals surface area contributed by atoms with Crippen molar-refractivity contribution in [2.45, 2.75) is 38.3 Å². The van der Waals surface area contributed by atoms with Gasteiger partial charge in [0.05, 0.1) is 19.3 Å². The van der Waals surface area contributed by atoms with Gasteiger partial charge in [0.25, 0.3) is 0 Å². The van der Waals surface area contributed by atoms with Gasteiger partial charge in [0, 0.05) is 12.6 Å². The second kappa shape index (κ2) is 6.88. The molecule has 2 atom stereocenters. The van der Waals surface area contributed by atoms with Crippen LogP contribution in [0.3, 0.4) is 0 Å². The maximum atomic E-state index is 6.10. The van der Waals surface area contributed by atoms with Crippen molar-refractivity contribution < 1.29 is 9.47 Å². The summed E-state index contributed by atoms with van der Waals surface area (Å²) in [6.45, 7) is 4.31. The lowest BCUT2D eigenvalue weighted by Gasteiger charge is -2.28. The number of hydrogen-bond acceptors (Lipinski definition) is 3. The predicted octanol–water partition coefficient (Wildman–Crippen LogP) is 2.44. The van der Waals surface area contributed by atoms with Crippen molar-refractivity contribution in [2.24, 2.45) is 5.73 Å². The van der Waals surface area contributed by atoms with E-state index in [1.807, 2.05) is 0 Å². The molecule has 0 aromatic heterocycles. The SMILES string of the molecule is CCCOCC(N)CC1OCCc2ccccc21. The molecule has 1 aliphatic rings. The Kier molecular flexibility index (Phi) is 5.17. The van der Waals surface area contributed by atoms with E-state index in [9.17, 15) is 0 Å². The van der Waals surface area contributed by atoms with Crippen LogP contribution in [-0.4, -0.2) is 25.9 Å². The molecule has 0 bridgehead atoms. The fourth-order valence-electron chi connectivity index (χ4n) is 2.39. The third-order valence-corrected chi connectivity index (χ3v) is 3.29. The van der Waals surface area contributed by atoms with Crippen molar-refractivity contribution >= 4 is 0 Å². The number of ether oxygens (including phenoxy) is 2. The lowest BCUT2D eigenvalue weighted by molar-refractivity contribution is 0.0218. The van der Waals surface area contributed by atoms with Crippen LogP contribution in [0.15, 0.2) is 24.3 Å². The molecule has 100 valence electrons. The molecular weight excluding hydrogens is 226 g/mol. The monoisotopic (exact) mass is 249 g/mol. The second-order valence-electron chi connectivity index (χ2n) is 4.88. The summed E-state index contributed by atoms with van der Waals surface area (Å²) in [6, 6.07) is 8.54. The molecule has 2 N–H and O–H groups in total. The number of fused-ring (bicyclic) bond motifs is 1. The summed E-state index contributed by atoms with van der Waals surface area (Å²) in [5, 5.41) is 0. The van der Waals surface area contributed by atoms with Gasteiger partial charge in [-0.3, -0.25) is 0 Å². The largest absolute Gasteiger partial charge is 0.380 e. The molecule has 0 saturated carbocycles. The molecule has 1 heterocycles. The summed E-state index contributed by atoms with van der Waals surface area (Å²) < 4.78 is 11.3. The first-order valence-electron chi connectivity index (χ1n) is 6.84. The Hall–Kier alpha value is -0.900. The van der Waals surface area contributed by atoms with Gasteiger partial charge >= 0.3 is 0 Å². The average molecular weight is 249 g/mol. The van der Waals surface area contributed by atoms with Crippen molar-refractivity contribution in [1.82, 2.24) is 0 Å². The highest BCUT2D eigenvalue weighted by atomic mass is 16.5. The Morgan fingerprint density at radius 2 is 2.28 bits per heavy atom. The maximum Gasteiger partial charge on any atom is 0.0843 e. The number of rotatable bonds is 6.